The Kier molecular flexibility index (Phi) is 6.76. The van der Waals surface area contributed by atoms with Gasteiger partial charge in [-0.2, -0.15) is 9.78 Å². The molecule has 6 nitrogen and oxygen atoms in total. The number of para-hydroxylation sites is 1. The fraction of sp³-hybridized carbons (Fsp3) is 0.160. The Morgan fingerprint density at radius 3 is 2.67 bits per heavy atom. The number of rotatable bonds is 7. The summed E-state index contributed by atoms with van der Waals surface area (Å²) in [6, 6.07) is 18.3. The van der Waals surface area contributed by atoms with Crippen molar-refractivity contribution >= 4 is 17.2 Å². The van der Waals surface area contributed by atoms with Gasteiger partial charge >= 0.3 is 0 Å². The minimum absolute atomic E-state index is 0.00617. The molecule has 0 bridgehead atoms. The van der Waals surface area contributed by atoms with Crippen LogP contribution >= 0.6 is 11.3 Å². The largest absolute Gasteiger partial charge is 0.343 e. The molecule has 0 aliphatic heterocycles. The van der Waals surface area contributed by atoms with E-state index < -0.39 is 17.3 Å². The van der Waals surface area contributed by atoms with Gasteiger partial charge in [-0.3, -0.25) is 9.59 Å². The lowest BCUT2D eigenvalue weighted by Crippen LogP contribution is -2.30. The van der Waals surface area contributed by atoms with Gasteiger partial charge < -0.3 is 10.6 Å². The van der Waals surface area contributed by atoms with Crippen molar-refractivity contribution in [2.45, 2.75) is 19.5 Å². The van der Waals surface area contributed by atoms with E-state index in [-0.39, 0.29) is 17.4 Å². The van der Waals surface area contributed by atoms with Crippen molar-refractivity contribution in [3.05, 3.63) is 104 Å². The number of benzene rings is 2. The van der Waals surface area contributed by atoms with Gasteiger partial charge in [0.05, 0.1) is 6.04 Å². The molecule has 0 saturated heterocycles. The molecular formula is C25H23FN4O2S. The van der Waals surface area contributed by atoms with Crippen LogP contribution in [0.25, 0.3) is 16.8 Å². The molecule has 0 aliphatic carbocycles. The fourth-order valence-corrected chi connectivity index (χ4v) is 4.45. The summed E-state index contributed by atoms with van der Waals surface area (Å²) in [5.41, 5.74) is 2.93. The van der Waals surface area contributed by atoms with Gasteiger partial charge in [-0.25, -0.2) is 4.39 Å². The molecule has 168 valence electrons. The SMILES string of the molecule is CNCc1ccccc1-c1csc([C@@H](C)NC(=O)c2ccc(=O)n(-c3ccccc3F)n2)c1. The lowest BCUT2D eigenvalue weighted by atomic mass is 10.0. The topological polar surface area (TPSA) is 76.0 Å². The van der Waals surface area contributed by atoms with Crippen LogP contribution in [0.3, 0.4) is 0 Å². The molecule has 0 fully saturated rings. The van der Waals surface area contributed by atoms with E-state index in [1.807, 2.05) is 26.1 Å². The van der Waals surface area contributed by atoms with Crippen LogP contribution in [-0.2, 0) is 6.54 Å². The second-order valence-corrected chi connectivity index (χ2v) is 8.48. The van der Waals surface area contributed by atoms with E-state index in [0.717, 1.165) is 27.2 Å². The van der Waals surface area contributed by atoms with Crippen molar-refractivity contribution in [1.82, 2.24) is 20.4 Å². The first-order valence-electron chi connectivity index (χ1n) is 10.5. The lowest BCUT2D eigenvalue weighted by molar-refractivity contribution is 0.0933. The highest BCUT2D eigenvalue weighted by Gasteiger charge is 2.17. The summed E-state index contributed by atoms with van der Waals surface area (Å²) in [4.78, 5) is 26.0. The molecule has 2 N–H and O–H groups in total. The third kappa shape index (κ3) is 4.92. The maximum absolute atomic E-state index is 14.1. The number of hydrogen-bond donors (Lipinski definition) is 2. The first kappa shape index (κ1) is 22.6. The molecule has 8 heteroatoms. The maximum atomic E-state index is 14.1. The molecule has 0 unspecified atom stereocenters. The van der Waals surface area contributed by atoms with Crippen molar-refractivity contribution in [3.63, 3.8) is 0 Å². The number of carbonyl (C=O) groups excluding carboxylic acids is 1. The summed E-state index contributed by atoms with van der Waals surface area (Å²) in [5, 5.41) is 12.3. The van der Waals surface area contributed by atoms with Crippen LogP contribution in [0.5, 0.6) is 0 Å². The van der Waals surface area contributed by atoms with Gasteiger partial charge in [0.15, 0.2) is 0 Å². The number of thiophene rings is 1. The average Bonchev–Trinajstić information content (AvgIpc) is 3.31. The Bertz CT molecular complexity index is 1350. The van der Waals surface area contributed by atoms with E-state index in [4.69, 9.17) is 0 Å². The molecule has 0 spiro atoms. The third-order valence-corrected chi connectivity index (χ3v) is 6.32. The van der Waals surface area contributed by atoms with Gasteiger partial charge in [-0.15, -0.1) is 11.3 Å². The van der Waals surface area contributed by atoms with Crippen molar-refractivity contribution in [2.24, 2.45) is 0 Å². The highest BCUT2D eigenvalue weighted by atomic mass is 32.1. The molecular weight excluding hydrogens is 439 g/mol. The van der Waals surface area contributed by atoms with Gasteiger partial charge in [-0.1, -0.05) is 36.4 Å². The summed E-state index contributed by atoms with van der Waals surface area (Å²) in [7, 11) is 1.91. The van der Waals surface area contributed by atoms with Crippen molar-refractivity contribution < 1.29 is 9.18 Å². The molecule has 0 aliphatic rings. The fourth-order valence-electron chi connectivity index (χ4n) is 3.54. The van der Waals surface area contributed by atoms with E-state index in [1.54, 1.807) is 17.4 Å². The zero-order valence-electron chi connectivity index (χ0n) is 18.2. The zero-order chi connectivity index (χ0) is 23.4. The van der Waals surface area contributed by atoms with Crippen LogP contribution in [0.4, 0.5) is 4.39 Å². The van der Waals surface area contributed by atoms with Gasteiger partial charge in [0.25, 0.3) is 11.5 Å². The Labute approximate surface area is 194 Å². The van der Waals surface area contributed by atoms with Crippen LogP contribution in [0, 0.1) is 5.82 Å². The lowest BCUT2D eigenvalue weighted by Gasteiger charge is -2.13. The van der Waals surface area contributed by atoms with E-state index in [0.29, 0.717) is 0 Å². The highest BCUT2D eigenvalue weighted by molar-refractivity contribution is 7.10. The first-order chi connectivity index (χ1) is 16.0. The predicted molar refractivity (Wildman–Crippen MR) is 128 cm³/mol. The summed E-state index contributed by atoms with van der Waals surface area (Å²) >= 11 is 1.56. The molecule has 1 atom stereocenters. The standard InChI is InChI=1S/C25H23FN4O2S/c1-16(23-13-18(15-33-23)19-8-4-3-7-17(19)14-27-2)28-25(32)21-11-12-24(31)30(29-21)22-10-6-5-9-20(22)26/h3-13,15-16,27H,14H2,1-2H3,(H,28,32)/t16-/m1/s1. The highest BCUT2D eigenvalue weighted by Crippen LogP contribution is 2.31. The normalized spacial score (nSPS) is 11.8. The maximum Gasteiger partial charge on any atom is 0.272 e. The second-order valence-electron chi connectivity index (χ2n) is 7.54. The third-order valence-electron chi connectivity index (χ3n) is 5.20. The number of carbonyl (C=O) groups is 1. The second kappa shape index (κ2) is 9.89. The van der Waals surface area contributed by atoms with Crippen LogP contribution in [-0.4, -0.2) is 22.7 Å². The summed E-state index contributed by atoms with van der Waals surface area (Å²) in [6.45, 7) is 2.65. The molecule has 2 aromatic heterocycles. The molecule has 0 radical (unpaired) electrons. The Morgan fingerprint density at radius 2 is 1.88 bits per heavy atom. The van der Waals surface area contributed by atoms with Crippen molar-refractivity contribution in [2.75, 3.05) is 7.05 Å². The summed E-state index contributed by atoms with van der Waals surface area (Å²) < 4.78 is 15.0. The van der Waals surface area contributed by atoms with Crippen molar-refractivity contribution in [3.8, 4) is 16.8 Å². The molecule has 0 saturated carbocycles. The monoisotopic (exact) mass is 462 g/mol. The van der Waals surface area contributed by atoms with Crippen LogP contribution in [0.2, 0.25) is 0 Å². The summed E-state index contributed by atoms with van der Waals surface area (Å²) in [5.74, 6) is -1.04. The number of hydrogen-bond acceptors (Lipinski definition) is 5. The number of halogens is 1. The predicted octanol–water partition coefficient (Wildman–Crippen LogP) is 4.31. The van der Waals surface area contributed by atoms with Gasteiger partial charge in [0.1, 0.15) is 17.2 Å². The quantitative estimate of drug-likeness (QED) is 0.429. The Hall–Kier alpha value is -3.62. The minimum Gasteiger partial charge on any atom is -0.343 e. The van der Waals surface area contributed by atoms with E-state index in [9.17, 15) is 14.0 Å². The van der Waals surface area contributed by atoms with E-state index >= 15 is 0 Å². The van der Waals surface area contributed by atoms with Gasteiger partial charge in [-0.05, 0) is 60.3 Å². The number of amides is 1. The molecule has 2 aromatic carbocycles. The number of aromatic nitrogens is 2. The van der Waals surface area contributed by atoms with E-state index in [2.05, 4.69) is 39.3 Å². The van der Waals surface area contributed by atoms with Crippen molar-refractivity contribution in [1.29, 1.82) is 0 Å². The smallest absolute Gasteiger partial charge is 0.272 e. The average molecular weight is 463 g/mol. The van der Waals surface area contributed by atoms with E-state index in [1.165, 1.54) is 35.9 Å². The van der Waals surface area contributed by atoms with Crippen LogP contribution in [0.1, 0.15) is 33.9 Å². The minimum atomic E-state index is -0.595. The Balaban J connectivity index is 1.54. The summed E-state index contributed by atoms with van der Waals surface area (Å²) in [6.07, 6.45) is 0. The zero-order valence-corrected chi connectivity index (χ0v) is 19.0. The van der Waals surface area contributed by atoms with Gasteiger partial charge in [0.2, 0.25) is 0 Å². The number of nitrogens with zero attached hydrogens (tertiary/aromatic N) is 2. The first-order valence-corrected chi connectivity index (χ1v) is 11.3. The molecule has 4 aromatic rings. The van der Waals surface area contributed by atoms with Gasteiger partial charge in [0, 0.05) is 17.5 Å². The molecule has 33 heavy (non-hydrogen) atoms. The number of nitrogens with one attached hydrogen (secondary N) is 2. The molecule has 2 heterocycles. The Morgan fingerprint density at radius 1 is 1.12 bits per heavy atom. The van der Waals surface area contributed by atoms with Crippen LogP contribution < -0.4 is 16.2 Å². The molecule has 1 amide bonds. The molecule has 4 rings (SSSR count). The van der Waals surface area contributed by atoms with Crippen LogP contribution in [0.15, 0.2) is 76.9 Å².